The van der Waals surface area contributed by atoms with Gasteiger partial charge in [-0.15, -0.1) is 22.7 Å². The lowest BCUT2D eigenvalue weighted by atomic mass is 9.83. The van der Waals surface area contributed by atoms with Crippen LogP contribution in [0.3, 0.4) is 0 Å². The molecule has 0 spiro atoms. The summed E-state index contributed by atoms with van der Waals surface area (Å²) in [5.41, 5.74) is 7.61. The molecule has 0 unspecified atom stereocenters. The molecular formula is C52H30S2. The van der Waals surface area contributed by atoms with Crippen LogP contribution in [0.5, 0.6) is 0 Å². The van der Waals surface area contributed by atoms with Gasteiger partial charge in [-0.05, 0) is 101 Å². The SMILES string of the molecule is c1ccc(-c2ccc(-c3c4ccccc4c(-c4ccc5sc6c7cc8sc9ccccc9c8cc7ccc6c5c4)c4ccccc34)c3ccccc23)cc1. The number of rotatable bonds is 3. The number of thiophene rings is 2. The lowest BCUT2D eigenvalue weighted by Gasteiger charge is -2.19. The molecule has 0 atom stereocenters. The van der Waals surface area contributed by atoms with E-state index in [2.05, 4.69) is 182 Å². The fraction of sp³-hybridized carbons (Fsp3) is 0. The predicted molar refractivity (Wildman–Crippen MR) is 239 cm³/mol. The molecule has 2 heterocycles. The summed E-state index contributed by atoms with van der Waals surface area (Å²) in [6, 6.07) is 67.8. The summed E-state index contributed by atoms with van der Waals surface area (Å²) < 4.78 is 5.40. The highest BCUT2D eigenvalue weighted by molar-refractivity contribution is 7.27. The van der Waals surface area contributed by atoms with E-state index in [4.69, 9.17) is 0 Å². The van der Waals surface area contributed by atoms with Gasteiger partial charge in [0.05, 0.1) is 0 Å². The van der Waals surface area contributed by atoms with E-state index in [1.165, 1.54) is 117 Å². The van der Waals surface area contributed by atoms with E-state index in [9.17, 15) is 0 Å². The van der Waals surface area contributed by atoms with Gasteiger partial charge in [-0.1, -0.05) is 152 Å². The fourth-order valence-electron chi connectivity index (χ4n) is 9.05. The third-order valence-electron chi connectivity index (χ3n) is 11.4. The van der Waals surface area contributed by atoms with Gasteiger partial charge in [0.1, 0.15) is 0 Å². The molecule has 12 aromatic rings. The molecule has 2 heteroatoms. The Hall–Kier alpha value is -6.32. The van der Waals surface area contributed by atoms with Gasteiger partial charge in [-0.25, -0.2) is 0 Å². The second-order valence-corrected chi connectivity index (χ2v) is 16.5. The minimum atomic E-state index is 1.24. The van der Waals surface area contributed by atoms with Crippen molar-refractivity contribution in [2.45, 2.75) is 0 Å². The fourth-order valence-corrected chi connectivity index (χ4v) is 11.4. The average molecular weight is 719 g/mol. The number of hydrogen-bond donors (Lipinski definition) is 0. The van der Waals surface area contributed by atoms with Crippen molar-refractivity contribution >= 4 is 106 Å². The molecule has 10 aromatic carbocycles. The zero-order valence-corrected chi connectivity index (χ0v) is 30.8. The highest BCUT2D eigenvalue weighted by Crippen LogP contribution is 2.48. The molecule has 0 saturated carbocycles. The van der Waals surface area contributed by atoms with E-state index in [-0.39, 0.29) is 0 Å². The van der Waals surface area contributed by atoms with Crippen molar-refractivity contribution in [3.63, 3.8) is 0 Å². The lowest BCUT2D eigenvalue weighted by molar-refractivity contribution is 1.64. The Morgan fingerprint density at radius 3 is 1.57 bits per heavy atom. The Morgan fingerprint density at radius 2 is 0.833 bits per heavy atom. The molecule has 0 aliphatic carbocycles. The summed E-state index contributed by atoms with van der Waals surface area (Å²) in [7, 11) is 0. The normalized spacial score (nSPS) is 12.1. The molecule has 0 bridgehead atoms. The summed E-state index contributed by atoms with van der Waals surface area (Å²) >= 11 is 3.82. The molecule has 0 radical (unpaired) electrons. The lowest BCUT2D eigenvalue weighted by Crippen LogP contribution is -1.92. The first-order valence-electron chi connectivity index (χ1n) is 18.5. The zero-order valence-electron chi connectivity index (χ0n) is 29.1. The van der Waals surface area contributed by atoms with Gasteiger partial charge in [-0.3, -0.25) is 0 Å². The highest BCUT2D eigenvalue weighted by atomic mass is 32.1. The van der Waals surface area contributed by atoms with Crippen LogP contribution in [0.2, 0.25) is 0 Å². The summed E-state index contributed by atoms with van der Waals surface area (Å²) in [5.74, 6) is 0. The van der Waals surface area contributed by atoms with Crippen molar-refractivity contribution in [1.29, 1.82) is 0 Å². The van der Waals surface area contributed by atoms with Gasteiger partial charge in [0.25, 0.3) is 0 Å². The van der Waals surface area contributed by atoms with Gasteiger partial charge >= 0.3 is 0 Å². The third-order valence-corrected chi connectivity index (χ3v) is 13.8. The van der Waals surface area contributed by atoms with E-state index < -0.39 is 0 Å². The van der Waals surface area contributed by atoms with Crippen LogP contribution in [-0.2, 0) is 0 Å². The summed E-state index contributed by atoms with van der Waals surface area (Å²) in [4.78, 5) is 0. The van der Waals surface area contributed by atoms with Crippen LogP contribution in [0.4, 0.5) is 0 Å². The molecule has 0 N–H and O–H groups in total. The van der Waals surface area contributed by atoms with Gasteiger partial charge in [0, 0.05) is 45.7 Å². The molecule has 0 fully saturated rings. The minimum absolute atomic E-state index is 1.24. The minimum Gasteiger partial charge on any atom is -0.135 e. The molecule has 250 valence electrons. The summed E-state index contributed by atoms with van der Waals surface area (Å²) in [6.45, 7) is 0. The van der Waals surface area contributed by atoms with Gasteiger partial charge in [-0.2, -0.15) is 0 Å². The molecule has 0 aliphatic rings. The first-order valence-corrected chi connectivity index (χ1v) is 20.1. The van der Waals surface area contributed by atoms with Gasteiger partial charge < -0.3 is 0 Å². The second-order valence-electron chi connectivity index (χ2n) is 14.3. The first-order chi connectivity index (χ1) is 26.8. The number of hydrogen-bond acceptors (Lipinski definition) is 2. The zero-order chi connectivity index (χ0) is 35.3. The molecule has 0 nitrogen and oxygen atoms in total. The Labute approximate surface area is 319 Å². The van der Waals surface area contributed by atoms with Crippen LogP contribution < -0.4 is 0 Å². The van der Waals surface area contributed by atoms with Crippen molar-refractivity contribution in [2.24, 2.45) is 0 Å². The van der Waals surface area contributed by atoms with E-state index in [1.54, 1.807) is 0 Å². The van der Waals surface area contributed by atoms with E-state index >= 15 is 0 Å². The number of benzene rings is 10. The Kier molecular flexibility index (Phi) is 6.48. The standard InChI is InChI=1S/C52H30S2/c1-2-12-31(13-3-1)34-25-26-42(36-15-5-4-14-35(34)36)51-40-19-8-6-17-38(40)50(39-18-7-9-20-41(39)51)33-23-27-48-46(29-33)43-24-22-32-28-45-37-16-10-11-21-47(37)53-49(45)30-44(32)52(43)54-48/h1-30H. The monoisotopic (exact) mass is 718 g/mol. The molecule has 0 amide bonds. The number of fused-ring (bicyclic) bond motifs is 11. The van der Waals surface area contributed by atoms with Gasteiger partial charge in [0.2, 0.25) is 0 Å². The highest BCUT2D eigenvalue weighted by Gasteiger charge is 2.20. The van der Waals surface area contributed by atoms with Crippen molar-refractivity contribution < 1.29 is 0 Å². The van der Waals surface area contributed by atoms with Crippen LogP contribution in [0.25, 0.3) is 117 Å². The van der Waals surface area contributed by atoms with E-state index in [0.29, 0.717) is 0 Å². The van der Waals surface area contributed by atoms with E-state index in [0.717, 1.165) is 0 Å². The molecule has 0 saturated heterocycles. The smallest absolute Gasteiger partial charge is 0.0434 e. The molecule has 54 heavy (non-hydrogen) atoms. The van der Waals surface area contributed by atoms with Crippen LogP contribution in [0.15, 0.2) is 182 Å². The second kappa shape index (κ2) is 11.6. The van der Waals surface area contributed by atoms with Crippen LogP contribution in [0.1, 0.15) is 0 Å². The Bertz CT molecular complexity index is 3430. The maximum absolute atomic E-state index is 2.45. The van der Waals surface area contributed by atoms with Crippen molar-refractivity contribution in [3.8, 4) is 33.4 Å². The quantitative estimate of drug-likeness (QED) is 0.160. The van der Waals surface area contributed by atoms with Crippen molar-refractivity contribution in [1.82, 2.24) is 0 Å². The Balaban J connectivity index is 1.10. The largest absolute Gasteiger partial charge is 0.135 e. The van der Waals surface area contributed by atoms with Crippen LogP contribution in [-0.4, -0.2) is 0 Å². The van der Waals surface area contributed by atoms with Crippen molar-refractivity contribution in [3.05, 3.63) is 182 Å². The molecule has 0 aliphatic heterocycles. The Morgan fingerprint density at radius 1 is 0.259 bits per heavy atom. The van der Waals surface area contributed by atoms with Crippen molar-refractivity contribution in [2.75, 3.05) is 0 Å². The molecular weight excluding hydrogens is 689 g/mol. The molecule has 12 rings (SSSR count). The first kappa shape index (κ1) is 30.2. The molecule has 2 aromatic heterocycles. The van der Waals surface area contributed by atoms with Gasteiger partial charge in [0.15, 0.2) is 0 Å². The summed E-state index contributed by atoms with van der Waals surface area (Å²) in [6.07, 6.45) is 0. The van der Waals surface area contributed by atoms with E-state index in [1.807, 2.05) is 22.7 Å². The maximum atomic E-state index is 2.45. The predicted octanol–water partition coefficient (Wildman–Crippen LogP) is 16.0. The van der Waals surface area contributed by atoms with Crippen LogP contribution >= 0.6 is 22.7 Å². The maximum Gasteiger partial charge on any atom is 0.0434 e. The average Bonchev–Trinajstić information content (AvgIpc) is 3.80. The topological polar surface area (TPSA) is 0 Å². The van der Waals surface area contributed by atoms with Crippen LogP contribution in [0, 0.1) is 0 Å². The third kappa shape index (κ3) is 4.36. The summed E-state index contributed by atoms with van der Waals surface area (Å²) in [5, 5.41) is 15.7.